The molecule has 1 amide bonds. The topological polar surface area (TPSA) is 49.6 Å². The van der Waals surface area contributed by atoms with Gasteiger partial charge in [0.05, 0.1) is 11.1 Å². The number of rotatable bonds is 5. The van der Waals surface area contributed by atoms with Crippen molar-refractivity contribution in [2.45, 2.75) is 26.7 Å². The zero-order valence-corrected chi connectivity index (χ0v) is 16.0. The summed E-state index contributed by atoms with van der Waals surface area (Å²) in [6.45, 7) is 6.96. The van der Waals surface area contributed by atoms with E-state index in [1.807, 2.05) is 29.7 Å². The fourth-order valence-electron chi connectivity index (χ4n) is 3.12. The summed E-state index contributed by atoms with van der Waals surface area (Å²) in [4.78, 5) is 16.7. The second-order valence-corrected chi connectivity index (χ2v) is 5.92. The van der Waals surface area contributed by atoms with Crippen LogP contribution < -0.4 is 10.6 Å². The minimum absolute atomic E-state index is 0. The SMILES string of the molecule is CCC(CC)(CN)C(=O)N1CCN(c2ccccc2F)CC1.Cl.Cl. The fourth-order valence-corrected chi connectivity index (χ4v) is 3.12. The number of hydrogen-bond acceptors (Lipinski definition) is 3. The molecule has 1 heterocycles. The number of carbonyl (C=O) groups excluding carboxylic acids is 1. The summed E-state index contributed by atoms with van der Waals surface area (Å²) in [6.07, 6.45) is 1.51. The maximum absolute atomic E-state index is 13.8. The molecule has 138 valence electrons. The van der Waals surface area contributed by atoms with Gasteiger partial charge in [0.15, 0.2) is 0 Å². The third kappa shape index (κ3) is 4.52. The molecule has 7 heteroatoms. The summed E-state index contributed by atoms with van der Waals surface area (Å²) in [5.41, 5.74) is 6.04. The molecule has 0 unspecified atom stereocenters. The molecule has 0 bridgehead atoms. The van der Waals surface area contributed by atoms with Crippen molar-refractivity contribution in [2.24, 2.45) is 11.1 Å². The van der Waals surface area contributed by atoms with Crippen molar-refractivity contribution in [1.82, 2.24) is 4.90 Å². The number of benzene rings is 1. The highest BCUT2D eigenvalue weighted by Gasteiger charge is 2.37. The number of halogens is 3. The molecule has 1 aliphatic heterocycles. The molecule has 1 saturated heterocycles. The van der Waals surface area contributed by atoms with Gasteiger partial charge in [0, 0.05) is 32.7 Å². The molecule has 0 spiro atoms. The minimum Gasteiger partial charge on any atom is -0.366 e. The third-order valence-electron chi connectivity index (χ3n) is 4.96. The van der Waals surface area contributed by atoms with Crippen LogP contribution in [0.5, 0.6) is 0 Å². The molecule has 4 nitrogen and oxygen atoms in total. The predicted molar refractivity (Wildman–Crippen MR) is 102 cm³/mol. The van der Waals surface area contributed by atoms with E-state index in [1.54, 1.807) is 12.1 Å². The van der Waals surface area contributed by atoms with Crippen molar-refractivity contribution < 1.29 is 9.18 Å². The van der Waals surface area contributed by atoms with Crippen molar-refractivity contribution in [1.29, 1.82) is 0 Å². The number of carbonyl (C=O) groups is 1. The van der Waals surface area contributed by atoms with E-state index < -0.39 is 5.41 Å². The van der Waals surface area contributed by atoms with E-state index in [-0.39, 0.29) is 36.5 Å². The maximum atomic E-state index is 13.8. The normalized spacial score (nSPS) is 14.7. The molecule has 1 aromatic rings. The lowest BCUT2D eigenvalue weighted by Crippen LogP contribution is -2.55. The van der Waals surface area contributed by atoms with Crippen molar-refractivity contribution in [2.75, 3.05) is 37.6 Å². The second kappa shape index (κ2) is 10.1. The van der Waals surface area contributed by atoms with Crippen LogP contribution in [0, 0.1) is 11.2 Å². The van der Waals surface area contributed by atoms with E-state index in [1.165, 1.54) is 6.07 Å². The maximum Gasteiger partial charge on any atom is 0.230 e. The molecule has 24 heavy (non-hydrogen) atoms. The zero-order valence-electron chi connectivity index (χ0n) is 14.3. The molecule has 1 aromatic carbocycles. The van der Waals surface area contributed by atoms with Gasteiger partial charge in [-0.15, -0.1) is 24.8 Å². The van der Waals surface area contributed by atoms with Crippen LogP contribution >= 0.6 is 24.8 Å². The predicted octanol–water partition coefficient (Wildman–Crippen LogP) is 3.08. The molecule has 0 atom stereocenters. The molecule has 1 aliphatic rings. The molecule has 1 fully saturated rings. The van der Waals surface area contributed by atoms with E-state index in [2.05, 4.69) is 0 Å². The van der Waals surface area contributed by atoms with Crippen LogP contribution in [0.3, 0.4) is 0 Å². The van der Waals surface area contributed by atoms with Crippen LogP contribution in [0.15, 0.2) is 24.3 Å². The van der Waals surface area contributed by atoms with Crippen LogP contribution in [0.25, 0.3) is 0 Å². The van der Waals surface area contributed by atoms with Crippen molar-refractivity contribution >= 4 is 36.4 Å². The van der Waals surface area contributed by atoms with E-state index in [0.29, 0.717) is 38.4 Å². The lowest BCUT2D eigenvalue weighted by Gasteiger charge is -2.41. The van der Waals surface area contributed by atoms with Gasteiger partial charge in [0.2, 0.25) is 5.91 Å². The third-order valence-corrected chi connectivity index (χ3v) is 4.96. The molecule has 0 saturated carbocycles. The van der Waals surface area contributed by atoms with E-state index in [0.717, 1.165) is 12.8 Å². The molecule has 0 aromatic heterocycles. The van der Waals surface area contributed by atoms with Gasteiger partial charge < -0.3 is 15.5 Å². The van der Waals surface area contributed by atoms with Gasteiger partial charge in [-0.25, -0.2) is 4.39 Å². The number of nitrogens with zero attached hydrogens (tertiary/aromatic N) is 2. The molecule has 2 rings (SSSR count). The molecular weight excluding hydrogens is 352 g/mol. The Labute approximate surface area is 156 Å². The molecule has 2 N–H and O–H groups in total. The van der Waals surface area contributed by atoms with E-state index >= 15 is 0 Å². The Morgan fingerprint density at radius 3 is 2.12 bits per heavy atom. The van der Waals surface area contributed by atoms with Crippen LogP contribution in [0.2, 0.25) is 0 Å². The number of nitrogens with two attached hydrogens (primary N) is 1. The van der Waals surface area contributed by atoms with Gasteiger partial charge in [-0.2, -0.15) is 0 Å². The van der Waals surface area contributed by atoms with Crippen molar-refractivity contribution in [3.8, 4) is 0 Å². The van der Waals surface area contributed by atoms with Gasteiger partial charge in [-0.1, -0.05) is 26.0 Å². The van der Waals surface area contributed by atoms with Gasteiger partial charge >= 0.3 is 0 Å². The second-order valence-electron chi connectivity index (χ2n) is 5.92. The lowest BCUT2D eigenvalue weighted by molar-refractivity contribution is -0.142. The van der Waals surface area contributed by atoms with Crippen LogP contribution in [0.4, 0.5) is 10.1 Å². The Balaban J connectivity index is 0.00000264. The van der Waals surface area contributed by atoms with Crippen LogP contribution in [-0.4, -0.2) is 43.5 Å². The fraction of sp³-hybridized carbons (Fsp3) is 0.588. The van der Waals surface area contributed by atoms with E-state index in [4.69, 9.17) is 5.73 Å². The Kier molecular flexibility index (Phi) is 9.63. The van der Waals surface area contributed by atoms with E-state index in [9.17, 15) is 9.18 Å². The molecular formula is C17H28Cl2FN3O. The Hall–Kier alpha value is -1.04. The number of anilines is 1. The highest BCUT2D eigenvalue weighted by Crippen LogP contribution is 2.29. The lowest BCUT2D eigenvalue weighted by atomic mass is 9.81. The van der Waals surface area contributed by atoms with Crippen LogP contribution in [0.1, 0.15) is 26.7 Å². The average Bonchev–Trinajstić information content (AvgIpc) is 2.57. The van der Waals surface area contributed by atoms with Crippen molar-refractivity contribution in [3.05, 3.63) is 30.1 Å². The molecule has 0 aliphatic carbocycles. The van der Waals surface area contributed by atoms with Gasteiger partial charge in [-0.05, 0) is 25.0 Å². The highest BCUT2D eigenvalue weighted by atomic mass is 35.5. The number of hydrogen-bond donors (Lipinski definition) is 1. The average molecular weight is 380 g/mol. The first-order valence-corrected chi connectivity index (χ1v) is 8.07. The largest absolute Gasteiger partial charge is 0.366 e. The Bertz CT molecular complexity index is 510. The van der Waals surface area contributed by atoms with Gasteiger partial charge in [-0.3, -0.25) is 4.79 Å². The summed E-state index contributed by atoms with van der Waals surface area (Å²) in [5, 5.41) is 0. The first kappa shape index (κ1) is 23.0. The Morgan fingerprint density at radius 2 is 1.67 bits per heavy atom. The van der Waals surface area contributed by atoms with Gasteiger partial charge in [0.25, 0.3) is 0 Å². The smallest absolute Gasteiger partial charge is 0.230 e. The standard InChI is InChI=1S/C17H26FN3O.2ClH/c1-3-17(4-2,13-19)16(22)21-11-9-20(10-12-21)15-8-6-5-7-14(15)18;;/h5-8H,3-4,9-13,19H2,1-2H3;2*1H. The van der Waals surface area contributed by atoms with Crippen molar-refractivity contribution in [3.63, 3.8) is 0 Å². The Morgan fingerprint density at radius 1 is 1.12 bits per heavy atom. The monoisotopic (exact) mass is 379 g/mol. The summed E-state index contributed by atoms with van der Waals surface area (Å²) in [5.74, 6) is -0.0612. The van der Waals surface area contributed by atoms with Gasteiger partial charge in [0.1, 0.15) is 5.82 Å². The highest BCUT2D eigenvalue weighted by molar-refractivity contribution is 5.85. The summed E-state index contributed by atoms with van der Waals surface area (Å²) >= 11 is 0. The summed E-state index contributed by atoms with van der Waals surface area (Å²) in [6, 6.07) is 6.79. The quantitative estimate of drug-likeness (QED) is 0.854. The minimum atomic E-state index is -0.444. The summed E-state index contributed by atoms with van der Waals surface area (Å²) in [7, 11) is 0. The first-order chi connectivity index (χ1) is 10.6. The summed E-state index contributed by atoms with van der Waals surface area (Å²) < 4.78 is 13.8. The number of piperazine rings is 1. The number of amides is 1. The first-order valence-electron chi connectivity index (χ1n) is 8.07. The van der Waals surface area contributed by atoms with Crippen LogP contribution in [-0.2, 0) is 4.79 Å². The zero-order chi connectivity index (χ0) is 16.2. The number of para-hydroxylation sites is 1. The molecule has 0 radical (unpaired) electrons.